The lowest BCUT2D eigenvalue weighted by Gasteiger charge is -2.29. The summed E-state index contributed by atoms with van der Waals surface area (Å²) in [6, 6.07) is 14.4. The summed E-state index contributed by atoms with van der Waals surface area (Å²) in [6.07, 6.45) is 0. The summed E-state index contributed by atoms with van der Waals surface area (Å²) in [5.74, 6) is 1.13. The quantitative estimate of drug-likeness (QED) is 0.760. The molecule has 0 aliphatic heterocycles. The van der Waals surface area contributed by atoms with E-state index in [0.29, 0.717) is 11.5 Å². The smallest absolute Gasteiger partial charge is 0.127 e. The van der Waals surface area contributed by atoms with Crippen LogP contribution < -0.4 is 19.8 Å². The Balaban J connectivity index is 2.17. The molecule has 0 heterocycles. The summed E-state index contributed by atoms with van der Waals surface area (Å²) in [7, 11) is -4.68. The normalized spacial score (nSPS) is 11.2. The van der Waals surface area contributed by atoms with Crippen LogP contribution in [0.15, 0.2) is 54.6 Å². The maximum absolute atomic E-state index is 10.7. The van der Waals surface area contributed by atoms with Gasteiger partial charge >= 0.3 is 0 Å². The Kier molecular flexibility index (Phi) is 3.29. The van der Waals surface area contributed by atoms with Crippen LogP contribution in [0.4, 0.5) is 0 Å². The van der Waals surface area contributed by atoms with Crippen molar-refractivity contribution < 1.29 is 19.1 Å². The van der Waals surface area contributed by atoms with Crippen molar-refractivity contribution in [2.75, 3.05) is 0 Å². The Hall–Kier alpha value is -1.61. The van der Waals surface area contributed by atoms with Crippen molar-refractivity contribution in [2.45, 2.75) is 0 Å². The minimum atomic E-state index is -4.68. The van der Waals surface area contributed by atoms with E-state index in [4.69, 9.17) is 4.74 Å². The molecule has 2 rings (SSSR count). The maximum Gasteiger partial charge on any atom is 0.127 e. The van der Waals surface area contributed by atoms with Gasteiger partial charge in [-0.3, -0.25) is 0 Å². The van der Waals surface area contributed by atoms with Crippen LogP contribution in [0.1, 0.15) is 0 Å². The summed E-state index contributed by atoms with van der Waals surface area (Å²) in [5.41, 5.74) is 0. The van der Waals surface area contributed by atoms with Gasteiger partial charge in [0.2, 0.25) is 0 Å². The van der Waals surface area contributed by atoms with Gasteiger partial charge < -0.3 is 19.1 Å². The zero-order chi connectivity index (χ0) is 12.3. The van der Waals surface area contributed by atoms with Crippen molar-refractivity contribution in [1.29, 1.82) is 0 Å². The molecule has 0 fully saturated rings. The Morgan fingerprint density at radius 3 is 1.88 bits per heavy atom. The average molecular weight is 248 g/mol. The molecule has 0 aliphatic carbocycles. The second-order valence-electron chi connectivity index (χ2n) is 3.41. The third kappa shape index (κ3) is 3.17. The van der Waals surface area contributed by atoms with E-state index in [2.05, 4.69) is 0 Å². The van der Waals surface area contributed by atoms with Gasteiger partial charge in [-0.15, -0.1) is 0 Å². The van der Waals surface area contributed by atoms with Gasteiger partial charge in [0.05, 0.1) is 0 Å². The molecular weight excluding hydrogens is 239 g/mol. The highest BCUT2D eigenvalue weighted by Crippen LogP contribution is 2.25. The molecule has 2 aromatic rings. The fourth-order valence-corrected chi connectivity index (χ4v) is 1.84. The van der Waals surface area contributed by atoms with Crippen LogP contribution in [0.3, 0.4) is 0 Å². The van der Waals surface area contributed by atoms with Crippen LogP contribution in [0, 0.1) is 0 Å². The summed E-state index contributed by atoms with van der Waals surface area (Å²) >= 11 is 0. The van der Waals surface area contributed by atoms with Crippen molar-refractivity contribution in [3.8, 4) is 11.5 Å². The van der Waals surface area contributed by atoms with Gasteiger partial charge in [0.15, 0.2) is 0 Å². The Bertz CT molecular complexity index is 530. The molecule has 0 radical (unpaired) electrons. The number of hydrogen-bond acceptors (Lipinski definition) is 4. The van der Waals surface area contributed by atoms with Crippen molar-refractivity contribution in [1.82, 2.24) is 0 Å². The molecule has 0 saturated heterocycles. The molecule has 0 aromatic heterocycles. The molecule has 0 N–H and O–H groups in total. The third-order valence-electron chi connectivity index (χ3n) is 2.13. The molecule has 4 nitrogen and oxygen atoms in total. The topological polar surface area (TPSA) is 72.4 Å². The number of ether oxygens (including phenoxy) is 1. The molecule has 17 heavy (non-hydrogen) atoms. The van der Waals surface area contributed by atoms with Gasteiger partial charge in [-0.05, 0) is 37.2 Å². The molecule has 0 unspecified atom stereocenters. The first-order chi connectivity index (χ1) is 8.05. The molecule has 0 bridgehead atoms. The standard InChI is InChI=1S/C12H11O4P/c13-17(14,15)12-8-6-11(7-9-12)16-10-4-2-1-3-5-10/h1-9H,(H2,13,14,15)/p-2. The fraction of sp³-hybridized carbons (Fsp3) is 0. The molecule has 0 atom stereocenters. The van der Waals surface area contributed by atoms with Gasteiger partial charge in [-0.1, -0.05) is 30.3 Å². The SMILES string of the molecule is O=P([O-])([O-])c1ccc(Oc2ccccc2)cc1. The zero-order valence-corrected chi connectivity index (χ0v) is 9.67. The third-order valence-corrected chi connectivity index (χ3v) is 3.06. The van der Waals surface area contributed by atoms with E-state index in [9.17, 15) is 14.4 Å². The minimum absolute atomic E-state index is 0.238. The molecule has 0 spiro atoms. The molecule has 5 heteroatoms. The first-order valence-corrected chi connectivity index (χ1v) is 6.45. The summed E-state index contributed by atoms with van der Waals surface area (Å²) < 4.78 is 16.2. The van der Waals surface area contributed by atoms with Crippen LogP contribution in [-0.2, 0) is 4.57 Å². The highest BCUT2D eigenvalue weighted by atomic mass is 31.2. The van der Waals surface area contributed by atoms with Gasteiger partial charge in [-0.2, -0.15) is 0 Å². The van der Waals surface area contributed by atoms with E-state index in [1.165, 1.54) is 24.3 Å². The van der Waals surface area contributed by atoms with E-state index in [1.807, 2.05) is 18.2 Å². The van der Waals surface area contributed by atoms with Gasteiger partial charge in [-0.25, -0.2) is 0 Å². The minimum Gasteiger partial charge on any atom is -0.807 e. The van der Waals surface area contributed by atoms with Gasteiger partial charge in [0.25, 0.3) is 0 Å². The van der Waals surface area contributed by atoms with Crippen molar-refractivity contribution in [3.05, 3.63) is 54.6 Å². The second kappa shape index (κ2) is 4.72. The zero-order valence-electron chi connectivity index (χ0n) is 8.78. The van der Waals surface area contributed by atoms with E-state index >= 15 is 0 Å². The lowest BCUT2D eigenvalue weighted by molar-refractivity contribution is -0.307. The van der Waals surface area contributed by atoms with Crippen molar-refractivity contribution in [3.63, 3.8) is 0 Å². The monoisotopic (exact) mass is 248 g/mol. The number of benzene rings is 2. The van der Waals surface area contributed by atoms with Crippen molar-refractivity contribution >= 4 is 12.9 Å². The van der Waals surface area contributed by atoms with Crippen LogP contribution in [0.2, 0.25) is 0 Å². The Labute approximate surface area is 98.7 Å². The van der Waals surface area contributed by atoms with Crippen LogP contribution in [0.25, 0.3) is 0 Å². The fourth-order valence-electron chi connectivity index (χ4n) is 1.32. The highest BCUT2D eigenvalue weighted by molar-refractivity contribution is 7.57. The van der Waals surface area contributed by atoms with Crippen LogP contribution in [0.5, 0.6) is 11.5 Å². The molecule has 0 aliphatic rings. The first-order valence-electron chi connectivity index (χ1n) is 4.91. The molecular formula is C12H9O4P-2. The Morgan fingerprint density at radius 2 is 1.35 bits per heavy atom. The van der Waals surface area contributed by atoms with E-state index < -0.39 is 7.60 Å². The van der Waals surface area contributed by atoms with Gasteiger partial charge in [0.1, 0.15) is 11.5 Å². The predicted molar refractivity (Wildman–Crippen MR) is 60.2 cm³/mol. The average Bonchev–Trinajstić information content (AvgIpc) is 2.30. The molecule has 88 valence electrons. The molecule has 2 aromatic carbocycles. The predicted octanol–water partition coefficient (Wildman–Crippen LogP) is 1.02. The number of para-hydroxylation sites is 1. The summed E-state index contributed by atoms with van der Waals surface area (Å²) in [4.78, 5) is 21.5. The van der Waals surface area contributed by atoms with E-state index in [-0.39, 0.29) is 5.30 Å². The first kappa shape index (κ1) is 11.9. The lowest BCUT2D eigenvalue weighted by Crippen LogP contribution is -2.24. The molecule has 0 amide bonds. The number of rotatable bonds is 3. The Morgan fingerprint density at radius 1 is 0.824 bits per heavy atom. The largest absolute Gasteiger partial charge is 0.807 e. The maximum atomic E-state index is 10.7. The summed E-state index contributed by atoms with van der Waals surface area (Å²) in [6.45, 7) is 0. The molecule has 0 saturated carbocycles. The van der Waals surface area contributed by atoms with Gasteiger partial charge in [0, 0.05) is 0 Å². The second-order valence-corrected chi connectivity index (χ2v) is 4.92. The highest BCUT2D eigenvalue weighted by Gasteiger charge is 1.99. The van der Waals surface area contributed by atoms with E-state index in [0.717, 1.165) is 0 Å². The van der Waals surface area contributed by atoms with Crippen LogP contribution >= 0.6 is 7.60 Å². The summed E-state index contributed by atoms with van der Waals surface area (Å²) in [5, 5.41) is -0.238. The number of hydrogen-bond donors (Lipinski definition) is 0. The van der Waals surface area contributed by atoms with E-state index in [1.54, 1.807) is 12.1 Å². The van der Waals surface area contributed by atoms with Crippen molar-refractivity contribution in [2.24, 2.45) is 0 Å². The lowest BCUT2D eigenvalue weighted by atomic mass is 10.3. The van der Waals surface area contributed by atoms with Crippen LogP contribution in [-0.4, -0.2) is 0 Å².